The molecule has 0 saturated carbocycles. The van der Waals surface area contributed by atoms with Crippen molar-refractivity contribution in [2.24, 2.45) is 0 Å². The number of benzene rings is 2. The number of carbonyl (C=O) groups is 2. The van der Waals surface area contributed by atoms with E-state index in [1.807, 2.05) is 19.9 Å². The van der Waals surface area contributed by atoms with Crippen molar-refractivity contribution in [2.75, 3.05) is 7.11 Å². The predicted octanol–water partition coefficient (Wildman–Crippen LogP) is 4.60. The Bertz CT molecular complexity index is 1100. The second kappa shape index (κ2) is 8.17. The second-order valence-corrected chi connectivity index (χ2v) is 7.28. The van der Waals surface area contributed by atoms with Gasteiger partial charge in [0.25, 0.3) is 0 Å². The van der Waals surface area contributed by atoms with Crippen molar-refractivity contribution in [3.63, 3.8) is 0 Å². The summed E-state index contributed by atoms with van der Waals surface area (Å²) < 4.78 is 12.4. The minimum atomic E-state index is -0.954. The van der Waals surface area contributed by atoms with Gasteiger partial charge in [0, 0.05) is 28.2 Å². The van der Waals surface area contributed by atoms with Crippen LogP contribution < -0.4 is 4.74 Å². The van der Waals surface area contributed by atoms with Crippen LogP contribution in [0.15, 0.2) is 36.4 Å². The first-order valence-electron chi connectivity index (χ1n) is 9.08. The van der Waals surface area contributed by atoms with Crippen LogP contribution in [0.25, 0.3) is 10.9 Å². The summed E-state index contributed by atoms with van der Waals surface area (Å²) in [6.07, 6.45) is -0.736. The third-order valence-corrected chi connectivity index (χ3v) is 5.45. The topological polar surface area (TPSA) is 77.8 Å². The van der Waals surface area contributed by atoms with Gasteiger partial charge in [-0.3, -0.25) is 0 Å². The summed E-state index contributed by atoms with van der Waals surface area (Å²) >= 11 is 6.41. The van der Waals surface area contributed by atoms with Crippen molar-refractivity contribution in [3.8, 4) is 5.75 Å². The fraction of sp³-hybridized carbons (Fsp3) is 0.273. The van der Waals surface area contributed by atoms with Gasteiger partial charge in [0.15, 0.2) is 6.10 Å². The molecule has 7 heteroatoms. The Morgan fingerprint density at radius 2 is 1.90 bits per heavy atom. The van der Waals surface area contributed by atoms with E-state index in [9.17, 15) is 14.7 Å². The van der Waals surface area contributed by atoms with Gasteiger partial charge in [-0.15, -0.1) is 0 Å². The Hall–Kier alpha value is -2.99. The number of ether oxygens (including phenoxy) is 2. The number of fused-ring (bicyclic) bond motifs is 1. The maximum atomic E-state index is 11.6. The SMILES string of the molecule is COC(=O)[C@H](C)Oc1ccc(Cl)c(Cn2c(C)c(C)c3cc(C(=O)O)ccc32)c1. The Morgan fingerprint density at radius 1 is 1.17 bits per heavy atom. The first-order valence-corrected chi connectivity index (χ1v) is 9.46. The Kier molecular flexibility index (Phi) is 5.84. The van der Waals surface area contributed by atoms with Crippen LogP contribution in [0.1, 0.15) is 34.1 Å². The van der Waals surface area contributed by atoms with Gasteiger partial charge in [0.05, 0.1) is 12.7 Å². The zero-order chi connectivity index (χ0) is 21.3. The monoisotopic (exact) mass is 415 g/mol. The number of halogens is 1. The van der Waals surface area contributed by atoms with Crippen LogP contribution in [-0.2, 0) is 16.1 Å². The standard InChI is InChI=1S/C22H22ClNO5/c1-12-13(2)24(20-8-5-15(21(25)26)10-18(12)20)11-16-9-17(6-7-19(16)23)29-14(3)22(27)28-4/h5-10,14H,11H2,1-4H3,(H,25,26)/t14-/m0/s1. The molecule has 0 bridgehead atoms. The molecule has 3 aromatic rings. The van der Waals surface area contributed by atoms with Crippen LogP contribution in [0.4, 0.5) is 0 Å². The summed E-state index contributed by atoms with van der Waals surface area (Å²) in [5, 5.41) is 10.7. The van der Waals surface area contributed by atoms with Crippen LogP contribution in [0, 0.1) is 13.8 Å². The minimum absolute atomic E-state index is 0.253. The molecule has 1 N–H and O–H groups in total. The lowest BCUT2D eigenvalue weighted by Crippen LogP contribution is -2.24. The molecule has 0 saturated heterocycles. The Morgan fingerprint density at radius 3 is 2.55 bits per heavy atom. The number of hydrogen-bond donors (Lipinski definition) is 1. The van der Waals surface area contributed by atoms with Crippen molar-refractivity contribution in [2.45, 2.75) is 33.4 Å². The molecule has 0 amide bonds. The largest absolute Gasteiger partial charge is 0.479 e. The highest BCUT2D eigenvalue weighted by molar-refractivity contribution is 6.31. The number of esters is 1. The molecule has 0 unspecified atom stereocenters. The lowest BCUT2D eigenvalue weighted by molar-refractivity contribution is -0.147. The van der Waals surface area contributed by atoms with E-state index >= 15 is 0 Å². The number of nitrogens with zero attached hydrogens (tertiary/aromatic N) is 1. The third-order valence-electron chi connectivity index (χ3n) is 5.08. The van der Waals surface area contributed by atoms with Gasteiger partial charge in [-0.05, 0) is 68.3 Å². The highest BCUT2D eigenvalue weighted by Crippen LogP contribution is 2.30. The molecule has 0 spiro atoms. The second-order valence-electron chi connectivity index (χ2n) is 6.87. The molecule has 1 heterocycles. The van der Waals surface area contributed by atoms with Gasteiger partial charge in [-0.2, -0.15) is 0 Å². The van der Waals surface area contributed by atoms with E-state index in [1.165, 1.54) is 7.11 Å². The number of aromatic nitrogens is 1. The number of hydrogen-bond acceptors (Lipinski definition) is 4. The molecule has 29 heavy (non-hydrogen) atoms. The zero-order valence-electron chi connectivity index (χ0n) is 16.7. The molecule has 0 aliphatic heterocycles. The lowest BCUT2D eigenvalue weighted by Gasteiger charge is -2.15. The summed E-state index contributed by atoms with van der Waals surface area (Å²) in [5.74, 6) is -0.899. The van der Waals surface area contributed by atoms with Crippen molar-refractivity contribution in [1.82, 2.24) is 4.57 Å². The number of carboxylic acids is 1. The van der Waals surface area contributed by atoms with Gasteiger partial charge in [0.1, 0.15) is 5.75 Å². The average Bonchev–Trinajstić information content (AvgIpc) is 2.94. The molecule has 0 aliphatic carbocycles. The molecule has 0 radical (unpaired) electrons. The van der Waals surface area contributed by atoms with Gasteiger partial charge < -0.3 is 19.1 Å². The predicted molar refractivity (Wildman–Crippen MR) is 111 cm³/mol. The molecular weight excluding hydrogens is 394 g/mol. The van der Waals surface area contributed by atoms with Gasteiger partial charge >= 0.3 is 11.9 Å². The van der Waals surface area contributed by atoms with E-state index in [4.69, 9.17) is 21.1 Å². The molecule has 152 valence electrons. The van der Waals surface area contributed by atoms with E-state index in [0.717, 1.165) is 27.7 Å². The summed E-state index contributed by atoms with van der Waals surface area (Å²) in [6, 6.07) is 10.3. The van der Waals surface area contributed by atoms with Crippen molar-refractivity contribution in [3.05, 3.63) is 63.8 Å². The van der Waals surface area contributed by atoms with Crippen LogP contribution >= 0.6 is 11.6 Å². The first-order chi connectivity index (χ1) is 13.7. The summed E-state index contributed by atoms with van der Waals surface area (Å²) in [4.78, 5) is 22.9. The third kappa shape index (κ3) is 4.07. The van der Waals surface area contributed by atoms with E-state index in [-0.39, 0.29) is 5.56 Å². The van der Waals surface area contributed by atoms with Gasteiger partial charge in [-0.1, -0.05) is 11.6 Å². The smallest absolute Gasteiger partial charge is 0.346 e. The van der Waals surface area contributed by atoms with E-state index in [2.05, 4.69) is 4.57 Å². The van der Waals surface area contributed by atoms with E-state index in [0.29, 0.717) is 17.3 Å². The van der Waals surface area contributed by atoms with Crippen LogP contribution in [0.5, 0.6) is 5.75 Å². The van der Waals surface area contributed by atoms with E-state index < -0.39 is 18.0 Å². The molecule has 6 nitrogen and oxygen atoms in total. The van der Waals surface area contributed by atoms with E-state index in [1.54, 1.807) is 37.3 Å². The van der Waals surface area contributed by atoms with Gasteiger partial charge in [-0.25, -0.2) is 9.59 Å². The number of rotatable bonds is 6. The highest BCUT2D eigenvalue weighted by atomic mass is 35.5. The molecule has 1 atom stereocenters. The van der Waals surface area contributed by atoms with Crippen molar-refractivity contribution < 1.29 is 24.2 Å². The number of methoxy groups -OCH3 is 1. The van der Waals surface area contributed by atoms with Crippen LogP contribution in [0.3, 0.4) is 0 Å². The average molecular weight is 416 g/mol. The summed E-state index contributed by atoms with van der Waals surface area (Å²) in [7, 11) is 1.31. The molecule has 1 aromatic heterocycles. The maximum Gasteiger partial charge on any atom is 0.346 e. The number of aryl methyl sites for hydroxylation is 1. The number of carbonyl (C=O) groups excluding carboxylic acids is 1. The Labute approximate surface area is 173 Å². The number of aromatic carboxylic acids is 1. The van der Waals surface area contributed by atoms with Gasteiger partial charge in [0.2, 0.25) is 0 Å². The lowest BCUT2D eigenvalue weighted by atomic mass is 10.1. The van der Waals surface area contributed by atoms with Crippen LogP contribution in [-0.4, -0.2) is 34.8 Å². The molecule has 3 rings (SSSR count). The molecule has 0 aliphatic rings. The highest BCUT2D eigenvalue weighted by Gasteiger charge is 2.17. The maximum absolute atomic E-state index is 11.6. The fourth-order valence-electron chi connectivity index (χ4n) is 3.32. The Balaban J connectivity index is 1.98. The quantitative estimate of drug-likeness (QED) is 0.595. The van der Waals surface area contributed by atoms with Crippen molar-refractivity contribution >= 4 is 34.4 Å². The molecule has 0 fully saturated rings. The zero-order valence-corrected chi connectivity index (χ0v) is 17.4. The first kappa shape index (κ1) is 20.7. The summed E-state index contributed by atoms with van der Waals surface area (Å²) in [5.41, 5.74) is 4.04. The normalized spacial score (nSPS) is 12.0. The fourth-order valence-corrected chi connectivity index (χ4v) is 3.50. The number of carboxylic acid groups (broad SMARTS) is 1. The molecular formula is C22H22ClNO5. The summed E-state index contributed by atoms with van der Waals surface area (Å²) in [6.45, 7) is 6.06. The van der Waals surface area contributed by atoms with Crippen LogP contribution in [0.2, 0.25) is 5.02 Å². The van der Waals surface area contributed by atoms with Crippen molar-refractivity contribution in [1.29, 1.82) is 0 Å². The molecule has 2 aromatic carbocycles. The minimum Gasteiger partial charge on any atom is -0.479 e.